The van der Waals surface area contributed by atoms with E-state index in [0.29, 0.717) is 11.0 Å². The predicted octanol–water partition coefficient (Wildman–Crippen LogP) is 3.10. The average Bonchev–Trinajstić information content (AvgIpc) is 2.06. The van der Waals surface area contributed by atoms with Crippen LogP contribution in [-0.2, 0) is 24.2 Å². The van der Waals surface area contributed by atoms with Crippen LogP contribution in [0.2, 0.25) is 0 Å². The number of thioether (sulfide) groups is 1. The van der Waals surface area contributed by atoms with Crippen molar-refractivity contribution in [1.29, 1.82) is 0 Å². The molecule has 0 aliphatic carbocycles. The third kappa shape index (κ3) is 5.40. The molecule has 0 N–H and O–H groups in total. The van der Waals surface area contributed by atoms with Crippen molar-refractivity contribution < 1.29 is 24.2 Å². The van der Waals surface area contributed by atoms with Crippen molar-refractivity contribution >= 4 is 28.4 Å². The van der Waals surface area contributed by atoms with Crippen molar-refractivity contribution in [2.45, 2.75) is 11.8 Å². The Labute approximate surface area is 101 Å². The molecular weight excluding hydrogens is 254 g/mol. The number of benzene rings is 1. The number of hydrogen-bond acceptors (Lipinski definition) is 3. The number of ether oxygens (including phenoxy) is 1. The Morgan fingerprint density at radius 3 is 2.54 bits per heavy atom. The van der Waals surface area contributed by atoms with Gasteiger partial charge in [-0.3, -0.25) is 0 Å². The van der Waals surface area contributed by atoms with Crippen molar-refractivity contribution in [2.75, 3.05) is 6.61 Å². The maximum Gasteiger partial charge on any atom is 0.224 e. The van der Waals surface area contributed by atoms with Gasteiger partial charge >= 0.3 is 0 Å². The second-order valence-electron chi connectivity index (χ2n) is 2.10. The second kappa shape index (κ2) is 7.48. The third-order valence-corrected chi connectivity index (χ3v) is 2.37. The maximum absolute atomic E-state index is 5.14. The molecule has 0 bridgehead atoms. The van der Waals surface area contributed by atoms with Gasteiger partial charge < -0.3 is 4.74 Å². The maximum atomic E-state index is 5.14. The zero-order valence-corrected chi connectivity index (χ0v) is 12.1. The summed E-state index contributed by atoms with van der Waals surface area (Å²) in [6.45, 7) is 2.57. The predicted molar refractivity (Wildman–Crippen MR) is 56.5 cm³/mol. The fourth-order valence-electron chi connectivity index (χ4n) is 0.732. The molecule has 1 rings (SSSR count). The molecule has 0 saturated carbocycles. The van der Waals surface area contributed by atoms with E-state index >= 15 is 0 Å². The van der Waals surface area contributed by atoms with E-state index in [-0.39, 0.29) is 19.5 Å². The van der Waals surface area contributed by atoms with Crippen molar-refractivity contribution in [3.05, 3.63) is 30.3 Å². The van der Waals surface area contributed by atoms with E-state index in [9.17, 15) is 0 Å². The molecule has 0 spiro atoms. The second-order valence-corrected chi connectivity index (χ2v) is 3.77. The van der Waals surface area contributed by atoms with E-state index in [1.807, 2.05) is 37.3 Å². The van der Waals surface area contributed by atoms with E-state index in [0.717, 1.165) is 4.90 Å². The van der Waals surface area contributed by atoms with Gasteiger partial charge in [0.05, 0.1) is 6.61 Å². The molecule has 4 heteroatoms. The van der Waals surface area contributed by atoms with Crippen LogP contribution in [0, 0.1) is 0 Å². The first kappa shape index (κ1) is 13.1. The first-order valence-electron chi connectivity index (χ1n) is 3.72. The SMILES string of the molecule is CCOC(=S)Sc1ccccc1.[Zn]. The fourth-order valence-corrected chi connectivity index (χ4v) is 1.80. The topological polar surface area (TPSA) is 9.23 Å². The van der Waals surface area contributed by atoms with Crippen LogP contribution in [0.1, 0.15) is 6.92 Å². The molecule has 0 fully saturated rings. The molecule has 0 aliphatic rings. The molecule has 0 aliphatic heterocycles. The van der Waals surface area contributed by atoms with Crippen LogP contribution in [0.15, 0.2) is 35.2 Å². The largest absolute Gasteiger partial charge is 0.479 e. The van der Waals surface area contributed by atoms with Crippen LogP contribution in [0.3, 0.4) is 0 Å². The summed E-state index contributed by atoms with van der Waals surface area (Å²) in [5, 5.41) is 0. The number of thiocarbonyl (C=S) groups is 1. The smallest absolute Gasteiger partial charge is 0.224 e. The number of rotatable bonds is 2. The van der Waals surface area contributed by atoms with Gasteiger partial charge in [-0.2, -0.15) is 0 Å². The van der Waals surface area contributed by atoms with Gasteiger partial charge in [0.1, 0.15) is 0 Å². The Hall–Kier alpha value is 0.0834. The van der Waals surface area contributed by atoms with Crippen LogP contribution >= 0.6 is 24.0 Å². The molecule has 66 valence electrons. The van der Waals surface area contributed by atoms with Gasteiger partial charge in [-0.25, -0.2) is 0 Å². The zero-order valence-electron chi connectivity index (χ0n) is 7.53. The van der Waals surface area contributed by atoms with Crippen molar-refractivity contribution in [3.8, 4) is 0 Å². The van der Waals surface area contributed by atoms with Gasteiger partial charge in [0, 0.05) is 24.4 Å². The zero-order chi connectivity index (χ0) is 8.81. The van der Waals surface area contributed by atoms with Crippen LogP contribution in [0.25, 0.3) is 0 Å². The molecule has 1 aromatic carbocycles. The van der Waals surface area contributed by atoms with Gasteiger partial charge in [0.15, 0.2) is 0 Å². The van der Waals surface area contributed by atoms with Crippen molar-refractivity contribution in [1.82, 2.24) is 0 Å². The molecule has 0 atom stereocenters. The summed E-state index contributed by atoms with van der Waals surface area (Å²) in [5.41, 5.74) is 0. The molecular formula is C9H10OS2Zn. The minimum absolute atomic E-state index is 0. The quantitative estimate of drug-likeness (QED) is 0.461. The monoisotopic (exact) mass is 262 g/mol. The normalized spacial score (nSPS) is 8.69. The molecule has 0 unspecified atom stereocenters. The fraction of sp³-hybridized carbons (Fsp3) is 0.222. The summed E-state index contributed by atoms with van der Waals surface area (Å²) in [4.78, 5) is 1.12. The van der Waals surface area contributed by atoms with Gasteiger partial charge in [0.25, 0.3) is 0 Å². The molecule has 13 heavy (non-hydrogen) atoms. The van der Waals surface area contributed by atoms with Gasteiger partial charge in [-0.15, -0.1) is 0 Å². The van der Waals surface area contributed by atoms with Gasteiger partial charge in [-0.1, -0.05) is 18.2 Å². The molecule has 0 amide bonds. The summed E-state index contributed by atoms with van der Waals surface area (Å²) >= 11 is 6.45. The molecule has 1 aromatic rings. The Kier molecular flexibility index (Phi) is 7.53. The number of hydrogen-bond donors (Lipinski definition) is 0. The summed E-state index contributed by atoms with van der Waals surface area (Å²) in [7, 11) is 0. The van der Waals surface area contributed by atoms with Crippen LogP contribution < -0.4 is 0 Å². The van der Waals surface area contributed by atoms with Crippen LogP contribution in [-0.4, -0.2) is 11.0 Å². The molecule has 0 saturated heterocycles. The average molecular weight is 264 g/mol. The first-order valence-corrected chi connectivity index (χ1v) is 4.95. The summed E-state index contributed by atoms with van der Waals surface area (Å²) in [6, 6.07) is 9.97. The van der Waals surface area contributed by atoms with E-state index in [4.69, 9.17) is 17.0 Å². The van der Waals surface area contributed by atoms with E-state index in [2.05, 4.69) is 0 Å². The summed E-state index contributed by atoms with van der Waals surface area (Å²) in [5.74, 6) is 0. The van der Waals surface area contributed by atoms with Crippen molar-refractivity contribution in [3.63, 3.8) is 0 Å². The summed E-state index contributed by atoms with van der Waals surface area (Å²) < 4.78 is 5.73. The van der Waals surface area contributed by atoms with E-state index in [1.165, 1.54) is 11.8 Å². The van der Waals surface area contributed by atoms with Gasteiger partial charge in [0.2, 0.25) is 4.38 Å². The molecule has 0 aromatic heterocycles. The van der Waals surface area contributed by atoms with Crippen molar-refractivity contribution in [2.24, 2.45) is 0 Å². The minimum Gasteiger partial charge on any atom is -0.479 e. The van der Waals surface area contributed by atoms with Gasteiger partial charge in [-0.05, 0) is 43.0 Å². The minimum atomic E-state index is 0. The Morgan fingerprint density at radius 2 is 2.00 bits per heavy atom. The van der Waals surface area contributed by atoms with Crippen LogP contribution in [0.5, 0.6) is 0 Å². The molecule has 1 nitrogen and oxygen atoms in total. The standard InChI is InChI=1S/C9H10OS2.Zn/c1-2-10-9(11)12-8-6-4-3-5-7-8;/h3-7H,2H2,1H3;. The molecule has 0 radical (unpaired) electrons. The third-order valence-electron chi connectivity index (χ3n) is 1.21. The van der Waals surface area contributed by atoms with E-state index < -0.39 is 0 Å². The Morgan fingerprint density at radius 1 is 1.38 bits per heavy atom. The van der Waals surface area contributed by atoms with E-state index in [1.54, 1.807) is 0 Å². The van der Waals surface area contributed by atoms with Crippen LogP contribution in [0.4, 0.5) is 0 Å². The summed E-state index contributed by atoms with van der Waals surface area (Å²) in [6.07, 6.45) is 0. The molecule has 0 heterocycles. The Balaban J connectivity index is 0.00000144. The Bertz CT molecular complexity index is 251. The first-order chi connectivity index (χ1) is 5.83.